The first-order valence-electron chi connectivity index (χ1n) is 5.48. The highest BCUT2D eigenvalue weighted by Crippen LogP contribution is 2.23. The van der Waals surface area contributed by atoms with Gasteiger partial charge >= 0.3 is 5.97 Å². The lowest BCUT2D eigenvalue weighted by Crippen LogP contribution is -2.01. The molecule has 0 aliphatic heterocycles. The zero-order valence-corrected chi connectivity index (χ0v) is 9.92. The fraction of sp³-hybridized carbons (Fsp3) is 0.615. The highest BCUT2D eigenvalue weighted by atomic mass is 16.5. The van der Waals surface area contributed by atoms with E-state index in [2.05, 4.69) is 24.0 Å². The molecule has 2 nitrogen and oxygen atoms in total. The second kappa shape index (κ2) is 8.27. The van der Waals surface area contributed by atoms with Crippen molar-refractivity contribution in [1.29, 1.82) is 0 Å². The molecule has 0 unspecified atom stereocenters. The van der Waals surface area contributed by atoms with Crippen LogP contribution in [0.25, 0.3) is 0 Å². The minimum absolute atomic E-state index is 0.347. The lowest BCUT2D eigenvalue weighted by Gasteiger charge is -2.16. The number of carbonyl (C=O) groups excluding carboxylic acids is 1. The first kappa shape index (κ1) is 13.9. The number of rotatable bonds is 2. The van der Waals surface area contributed by atoms with Crippen LogP contribution in [-0.4, -0.2) is 13.1 Å². The summed E-state index contributed by atoms with van der Waals surface area (Å²) in [4.78, 5) is 10.2. The molecular weight excluding hydrogens is 188 g/mol. The summed E-state index contributed by atoms with van der Waals surface area (Å²) in [6.07, 6.45) is 9.20. The number of hydrogen-bond acceptors (Lipinski definition) is 2. The monoisotopic (exact) mass is 210 g/mol. The van der Waals surface area contributed by atoms with Crippen molar-refractivity contribution in [2.45, 2.75) is 39.0 Å². The fourth-order valence-corrected chi connectivity index (χ4v) is 1.54. The van der Waals surface area contributed by atoms with Crippen LogP contribution in [0.1, 0.15) is 39.0 Å². The van der Waals surface area contributed by atoms with Gasteiger partial charge in [0.25, 0.3) is 0 Å². The molecule has 1 aliphatic rings. The third kappa shape index (κ3) is 6.95. The Labute approximate surface area is 93.0 Å². The van der Waals surface area contributed by atoms with Crippen LogP contribution in [0.5, 0.6) is 0 Å². The molecule has 0 atom stereocenters. The summed E-state index contributed by atoms with van der Waals surface area (Å²) in [5, 5.41) is 0. The Bertz CT molecular complexity index is 213. The summed E-state index contributed by atoms with van der Waals surface area (Å²) in [7, 11) is 1.33. The molecule has 0 heterocycles. The molecule has 0 aromatic rings. The number of carbonyl (C=O) groups is 1. The summed E-state index contributed by atoms with van der Waals surface area (Å²) in [6.45, 7) is 8.74. The van der Waals surface area contributed by atoms with E-state index in [-0.39, 0.29) is 5.97 Å². The molecule has 86 valence electrons. The van der Waals surface area contributed by atoms with Gasteiger partial charge in [-0.15, -0.1) is 6.58 Å². The molecule has 0 bridgehead atoms. The molecule has 0 spiro atoms. The van der Waals surface area contributed by atoms with Gasteiger partial charge in [0, 0.05) is 5.57 Å². The van der Waals surface area contributed by atoms with Gasteiger partial charge in [-0.3, -0.25) is 0 Å². The second-order valence-corrected chi connectivity index (χ2v) is 3.91. The number of methoxy groups -OCH3 is 1. The van der Waals surface area contributed by atoms with Gasteiger partial charge in [-0.05, 0) is 25.7 Å². The second-order valence-electron chi connectivity index (χ2n) is 3.91. The SMILES string of the molecule is C=C(C)C(=O)OC.C=CC1CCCCC1. The Morgan fingerprint density at radius 2 is 1.87 bits per heavy atom. The molecule has 0 radical (unpaired) electrons. The quantitative estimate of drug-likeness (QED) is 0.396. The maximum absolute atomic E-state index is 10.2. The minimum atomic E-state index is -0.347. The Morgan fingerprint density at radius 3 is 2.07 bits per heavy atom. The van der Waals surface area contributed by atoms with Crippen LogP contribution < -0.4 is 0 Å². The van der Waals surface area contributed by atoms with E-state index in [1.54, 1.807) is 6.92 Å². The van der Waals surface area contributed by atoms with Gasteiger partial charge in [-0.25, -0.2) is 4.79 Å². The first-order valence-corrected chi connectivity index (χ1v) is 5.48. The maximum atomic E-state index is 10.2. The van der Waals surface area contributed by atoms with Crippen molar-refractivity contribution >= 4 is 5.97 Å². The Kier molecular flexibility index (Phi) is 7.69. The smallest absolute Gasteiger partial charge is 0.332 e. The van der Waals surface area contributed by atoms with Crippen LogP contribution in [0.3, 0.4) is 0 Å². The number of hydrogen-bond donors (Lipinski definition) is 0. The van der Waals surface area contributed by atoms with E-state index in [0.29, 0.717) is 5.57 Å². The molecule has 1 fully saturated rings. The van der Waals surface area contributed by atoms with Crippen molar-refractivity contribution in [3.05, 3.63) is 24.8 Å². The lowest BCUT2D eigenvalue weighted by atomic mass is 9.90. The van der Waals surface area contributed by atoms with Gasteiger partial charge < -0.3 is 4.74 Å². The molecule has 1 saturated carbocycles. The minimum Gasteiger partial charge on any atom is -0.466 e. The molecule has 0 amide bonds. The summed E-state index contributed by atoms with van der Waals surface area (Å²) in [6, 6.07) is 0. The molecule has 0 N–H and O–H groups in total. The van der Waals surface area contributed by atoms with Gasteiger partial charge in [0.1, 0.15) is 0 Å². The highest BCUT2D eigenvalue weighted by molar-refractivity contribution is 5.86. The topological polar surface area (TPSA) is 26.3 Å². The maximum Gasteiger partial charge on any atom is 0.332 e. The lowest BCUT2D eigenvalue weighted by molar-refractivity contribution is -0.136. The van der Waals surface area contributed by atoms with Gasteiger partial charge in [-0.2, -0.15) is 0 Å². The van der Waals surface area contributed by atoms with Crippen LogP contribution in [0, 0.1) is 5.92 Å². The van der Waals surface area contributed by atoms with Crippen molar-refractivity contribution in [3.63, 3.8) is 0 Å². The van der Waals surface area contributed by atoms with Crippen LogP contribution in [-0.2, 0) is 9.53 Å². The first-order chi connectivity index (χ1) is 7.11. The Hall–Kier alpha value is -1.05. The van der Waals surface area contributed by atoms with Gasteiger partial charge in [0.05, 0.1) is 7.11 Å². The molecule has 0 aromatic heterocycles. The summed E-state index contributed by atoms with van der Waals surface area (Å²) in [5.74, 6) is 0.503. The average molecular weight is 210 g/mol. The number of esters is 1. The van der Waals surface area contributed by atoms with Crippen LogP contribution >= 0.6 is 0 Å². The highest BCUT2D eigenvalue weighted by Gasteiger charge is 2.07. The van der Waals surface area contributed by atoms with E-state index in [0.717, 1.165) is 5.92 Å². The van der Waals surface area contributed by atoms with Gasteiger partial charge in [0.15, 0.2) is 0 Å². The summed E-state index contributed by atoms with van der Waals surface area (Å²) >= 11 is 0. The third-order valence-corrected chi connectivity index (χ3v) is 2.52. The van der Waals surface area contributed by atoms with Crippen molar-refractivity contribution in [3.8, 4) is 0 Å². The molecule has 2 heteroatoms. The standard InChI is InChI=1S/C8H14.C5H8O2/c1-2-8-6-4-3-5-7-8;1-4(2)5(6)7-3/h2,8H,1,3-7H2;1H2,2-3H3. The van der Waals surface area contributed by atoms with Gasteiger partial charge in [-0.1, -0.05) is 31.9 Å². The van der Waals surface area contributed by atoms with Crippen LogP contribution in [0.4, 0.5) is 0 Å². The molecule has 15 heavy (non-hydrogen) atoms. The zero-order valence-electron chi connectivity index (χ0n) is 9.92. The molecule has 1 aliphatic carbocycles. The van der Waals surface area contributed by atoms with Gasteiger partial charge in [0.2, 0.25) is 0 Å². The zero-order chi connectivity index (χ0) is 11.7. The molecule has 0 saturated heterocycles. The number of ether oxygens (including phenoxy) is 1. The van der Waals surface area contributed by atoms with E-state index in [9.17, 15) is 4.79 Å². The van der Waals surface area contributed by atoms with Crippen LogP contribution in [0.2, 0.25) is 0 Å². The average Bonchev–Trinajstić information content (AvgIpc) is 2.29. The van der Waals surface area contributed by atoms with E-state index in [1.165, 1.54) is 39.2 Å². The van der Waals surface area contributed by atoms with Crippen LogP contribution in [0.15, 0.2) is 24.8 Å². The van der Waals surface area contributed by atoms with E-state index >= 15 is 0 Å². The molecular formula is C13H22O2. The predicted octanol–water partition coefficient (Wildman–Crippen LogP) is 3.49. The Balaban J connectivity index is 0.000000265. The fourth-order valence-electron chi connectivity index (χ4n) is 1.54. The summed E-state index contributed by atoms with van der Waals surface area (Å²) < 4.78 is 4.27. The predicted molar refractivity (Wildman–Crippen MR) is 63.6 cm³/mol. The van der Waals surface area contributed by atoms with Crippen molar-refractivity contribution in [2.24, 2.45) is 5.92 Å². The van der Waals surface area contributed by atoms with Crippen molar-refractivity contribution in [1.82, 2.24) is 0 Å². The number of allylic oxidation sites excluding steroid dienone is 1. The van der Waals surface area contributed by atoms with Crippen molar-refractivity contribution < 1.29 is 9.53 Å². The molecule has 0 aromatic carbocycles. The molecule has 1 rings (SSSR count). The Morgan fingerprint density at radius 1 is 1.33 bits per heavy atom. The van der Waals surface area contributed by atoms with E-state index < -0.39 is 0 Å². The van der Waals surface area contributed by atoms with Crippen molar-refractivity contribution in [2.75, 3.05) is 7.11 Å². The largest absolute Gasteiger partial charge is 0.466 e. The van der Waals surface area contributed by atoms with E-state index in [4.69, 9.17) is 0 Å². The normalized spacial score (nSPS) is 15.9. The van der Waals surface area contributed by atoms with E-state index in [1.807, 2.05) is 0 Å². The third-order valence-electron chi connectivity index (χ3n) is 2.52. The summed E-state index contributed by atoms with van der Waals surface area (Å²) in [5.41, 5.74) is 0.433.